The number of carbonyl (C=O) groups is 2. The number of unbranched alkanes of at least 4 members (excludes halogenated alkanes) is 4. The van der Waals surface area contributed by atoms with E-state index in [1.807, 2.05) is 25.2 Å². The summed E-state index contributed by atoms with van der Waals surface area (Å²) in [5.41, 5.74) is 0. The van der Waals surface area contributed by atoms with Crippen LogP contribution in [-0.4, -0.2) is 24.0 Å². The van der Waals surface area contributed by atoms with Gasteiger partial charge in [-0.2, -0.15) is 0 Å². The Hall–Kier alpha value is -1.58. The van der Waals surface area contributed by atoms with Crippen molar-refractivity contribution in [2.45, 2.75) is 78.4 Å². The number of hydrogen-bond donors (Lipinski definition) is 1. The van der Waals surface area contributed by atoms with Crippen LogP contribution in [0.3, 0.4) is 0 Å². The molecule has 0 aromatic heterocycles. The van der Waals surface area contributed by atoms with Gasteiger partial charge in [-0.1, -0.05) is 50.5 Å². The fraction of sp³-hybridized carbons (Fsp3) is 0.667. The van der Waals surface area contributed by atoms with Gasteiger partial charge in [-0.05, 0) is 19.8 Å². The topological polar surface area (TPSA) is 55.4 Å². The lowest BCUT2D eigenvalue weighted by Crippen LogP contribution is -2.41. The van der Waals surface area contributed by atoms with Crippen LogP contribution < -0.4 is 5.32 Å². The maximum Gasteiger partial charge on any atom is 0.302 e. The number of amides is 1. The minimum atomic E-state index is -0.337. The molecule has 0 radical (unpaired) electrons. The SMILES string of the molecule is CCCCCC/C=C/C=C/C[C@H](OC(C)=O)[C@@H](C)NC(C)=O. The van der Waals surface area contributed by atoms with Gasteiger partial charge in [0.15, 0.2) is 0 Å². The molecule has 126 valence electrons. The first-order chi connectivity index (χ1) is 10.5. The van der Waals surface area contributed by atoms with Crippen LogP contribution in [0.1, 0.15) is 66.2 Å². The molecule has 0 aromatic carbocycles. The Bertz CT molecular complexity index is 375. The number of carbonyl (C=O) groups excluding carboxylic acids is 2. The van der Waals surface area contributed by atoms with E-state index < -0.39 is 0 Å². The van der Waals surface area contributed by atoms with Crippen LogP contribution in [0.5, 0.6) is 0 Å². The summed E-state index contributed by atoms with van der Waals surface area (Å²) >= 11 is 0. The Morgan fingerprint density at radius 1 is 1.09 bits per heavy atom. The highest BCUT2D eigenvalue weighted by atomic mass is 16.5. The van der Waals surface area contributed by atoms with Crippen molar-refractivity contribution in [1.29, 1.82) is 0 Å². The lowest BCUT2D eigenvalue weighted by Gasteiger charge is -2.23. The van der Waals surface area contributed by atoms with Crippen LogP contribution in [-0.2, 0) is 14.3 Å². The highest BCUT2D eigenvalue weighted by molar-refractivity contribution is 5.73. The summed E-state index contributed by atoms with van der Waals surface area (Å²) in [5.74, 6) is -0.456. The van der Waals surface area contributed by atoms with Gasteiger partial charge in [0.2, 0.25) is 5.91 Å². The molecule has 0 heterocycles. The third-order valence-corrected chi connectivity index (χ3v) is 3.28. The van der Waals surface area contributed by atoms with Crippen molar-refractivity contribution in [2.75, 3.05) is 0 Å². The fourth-order valence-corrected chi connectivity index (χ4v) is 2.14. The molecule has 0 fully saturated rings. The Balaban J connectivity index is 4.15. The standard InChI is InChI=1S/C18H31NO3/c1-5-6-7-8-9-10-11-12-13-14-18(22-17(4)21)15(2)19-16(3)20/h10-13,15,18H,5-9,14H2,1-4H3,(H,19,20)/b11-10+,13-12+/t15-,18+/m1/s1. The Kier molecular flexibility index (Phi) is 12.2. The van der Waals surface area contributed by atoms with Crippen LogP contribution >= 0.6 is 0 Å². The zero-order valence-corrected chi connectivity index (χ0v) is 14.4. The fourth-order valence-electron chi connectivity index (χ4n) is 2.14. The molecule has 1 amide bonds. The normalized spacial score (nSPS) is 14.2. The molecule has 4 heteroatoms. The van der Waals surface area contributed by atoms with E-state index >= 15 is 0 Å². The van der Waals surface area contributed by atoms with E-state index in [4.69, 9.17) is 4.74 Å². The largest absolute Gasteiger partial charge is 0.460 e. The second-order valence-electron chi connectivity index (χ2n) is 5.58. The quantitative estimate of drug-likeness (QED) is 0.357. The highest BCUT2D eigenvalue weighted by Crippen LogP contribution is 2.07. The number of rotatable bonds is 11. The Labute approximate surface area is 135 Å². The predicted octanol–water partition coefficient (Wildman–Crippen LogP) is 3.92. The third kappa shape index (κ3) is 12.2. The Morgan fingerprint density at radius 3 is 2.36 bits per heavy atom. The number of esters is 1. The zero-order chi connectivity index (χ0) is 16.8. The van der Waals surface area contributed by atoms with E-state index in [0.29, 0.717) is 6.42 Å². The number of hydrogen-bond acceptors (Lipinski definition) is 3. The van der Waals surface area contributed by atoms with E-state index in [9.17, 15) is 9.59 Å². The van der Waals surface area contributed by atoms with Crippen molar-refractivity contribution in [3.63, 3.8) is 0 Å². The molecule has 1 N–H and O–H groups in total. The maximum atomic E-state index is 11.1. The smallest absolute Gasteiger partial charge is 0.302 e. The zero-order valence-electron chi connectivity index (χ0n) is 14.4. The minimum absolute atomic E-state index is 0.124. The summed E-state index contributed by atoms with van der Waals surface area (Å²) in [6, 6.07) is -0.205. The van der Waals surface area contributed by atoms with E-state index in [1.165, 1.54) is 39.5 Å². The molecule has 0 spiro atoms. The van der Waals surface area contributed by atoms with Gasteiger partial charge >= 0.3 is 5.97 Å². The molecule has 2 atom stereocenters. The second-order valence-corrected chi connectivity index (χ2v) is 5.58. The van der Waals surface area contributed by atoms with E-state index in [2.05, 4.69) is 18.3 Å². The van der Waals surface area contributed by atoms with E-state index in [0.717, 1.165) is 6.42 Å². The average molecular weight is 309 g/mol. The first-order valence-corrected chi connectivity index (χ1v) is 8.23. The lowest BCUT2D eigenvalue weighted by atomic mass is 10.1. The molecule has 22 heavy (non-hydrogen) atoms. The van der Waals surface area contributed by atoms with Crippen LogP contribution in [0.25, 0.3) is 0 Å². The molecule has 0 bridgehead atoms. The van der Waals surface area contributed by atoms with Gasteiger partial charge in [0, 0.05) is 20.3 Å². The van der Waals surface area contributed by atoms with Crippen molar-refractivity contribution < 1.29 is 14.3 Å². The van der Waals surface area contributed by atoms with Crippen molar-refractivity contribution in [1.82, 2.24) is 5.32 Å². The third-order valence-electron chi connectivity index (χ3n) is 3.28. The van der Waals surface area contributed by atoms with Gasteiger partial charge in [0.1, 0.15) is 6.10 Å². The first-order valence-electron chi connectivity index (χ1n) is 8.23. The monoisotopic (exact) mass is 309 g/mol. The van der Waals surface area contributed by atoms with Gasteiger partial charge < -0.3 is 10.1 Å². The second kappa shape index (κ2) is 13.1. The predicted molar refractivity (Wildman–Crippen MR) is 90.5 cm³/mol. The molecule has 0 unspecified atom stereocenters. The summed E-state index contributed by atoms with van der Waals surface area (Å²) in [7, 11) is 0. The van der Waals surface area contributed by atoms with Crippen LogP contribution in [0.15, 0.2) is 24.3 Å². The van der Waals surface area contributed by atoms with E-state index in [-0.39, 0.29) is 24.0 Å². The van der Waals surface area contributed by atoms with Gasteiger partial charge in [-0.3, -0.25) is 9.59 Å². The maximum absolute atomic E-state index is 11.1. The number of allylic oxidation sites excluding steroid dienone is 3. The van der Waals surface area contributed by atoms with Crippen LogP contribution in [0.2, 0.25) is 0 Å². The summed E-state index contributed by atoms with van der Waals surface area (Å²) < 4.78 is 5.26. The summed E-state index contributed by atoms with van der Waals surface area (Å²) in [4.78, 5) is 22.2. The van der Waals surface area contributed by atoms with Gasteiger partial charge in [0.05, 0.1) is 6.04 Å². The first kappa shape index (κ1) is 20.4. The average Bonchev–Trinajstić information content (AvgIpc) is 2.43. The highest BCUT2D eigenvalue weighted by Gasteiger charge is 2.19. The van der Waals surface area contributed by atoms with Crippen molar-refractivity contribution in [2.24, 2.45) is 0 Å². The van der Waals surface area contributed by atoms with Crippen molar-refractivity contribution in [3.8, 4) is 0 Å². The number of ether oxygens (including phenoxy) is 1. The van der Waals surface area contributed by atoms with Gasteiger partial charge in [0.25, 0.3) is 0 Å². The summed E-state index contributed by atoms with van der Waals surface area (Å²) in [6.45, 7) is 6.89. The molecule has 0 aliphatic heterocycles. The minimum Gasteiger partial charge on any atom is -0.460 e. The summed E-state index contributed by atoms with van der Waals surface area (Å²) in [5, 5.41) is 2.76. The number of nitrogens with one attached hydrogen (secondary N) is 1. The van der Waals surface area contributed by atoms with Crippen molar-refractivity contribution in [3.05, 3.63) is 24.3 Å². The molecule has 4 nitrogen and oxygen atoms in total. The lowest BCUT2D eigenvalue weighted by molar-refractivity contribution is -0.148. The molecule has 0 aromatic rings. The van der Waals surface area contributed by atoms with Crippen LogP contribution in [0.4, 0.5) is 0 Å². The molecular weight excluding hydrogens is 278 g/mol. The van der Waals surface area contributed by atoms with Crippen molar-refractivity contribution >= 4 is 11.9 Å². The molecule has 0 saturated carbocycles. The summed E-state index contributed by atoms with van der Waals surface area (Å²) in [6.07, 6.45) is 14.5. The molecule has 0 saturated heterocycles. The Morgan fingerprint density at radius 2 is 1.77 bits per heavy atom. The van der Waals surface area contributed by atoms with Crippen LogP contribution in [0, 0.1) is 0 Å². The molecule has 0 aliphatic rings. The van der Waals surface area contributed by atoms with Gasteiger partial charge in [-0.25, -0.2) is 0 Å². The van der Waals surface area contributed by atoms with E-state index in [1.54, 1.807) is 0 Å². The molecule has 0 rings (SSSR count). The van der Waals surface area contributed by atoms with Gasteiger partial charge in [-0.15, -0.1) is 0 Å². The molecular formula is C18H31NO3. The molecule has 0 aliphatic carbocycles.